The number of hydrogen-bond acceptors (Lipinski definition) is 5. The molecule has 34 heavy (non-hydrogen) atoms. The average molecular weight is 509 g/mol. The van der Waals surface area contributed by atoms with Gasteiger partial charge < -0.3 is 19.6 Å². The van der Waals surface area contributed by atoms with Gasteiger partial charge in [-0.2, -0.15) is 0 Å². The molecule has 0 rings (SSSR count). The molecule has 0 bridgehead atoms. The van der Waals surface area contributed by atoms with E-state index in [2.05, 4.69) is 11.4 Å². The van der Waals surface area contributed by atoms with Gasteiger partial charge in [-0.25, -0.2) is 4.57 Å². The summed E-state index contributed by atoms with van der Waals surface area (Å²) >= 11 is 0. The van der Waals surface area contributed by atoms with Gasteiger partial charge in [-0.05, 0) is 6.42 Å². The van der Waals surface area contributed by atoms with E-state index >= 15 is 0 Å². The number of rotatable bonds is 26. The van der Waals surface area contributed by atoms with Crippen LogP contribution in [0.2, 0.25) is 0 Å². The first kappa shape index (κ1) is 33.5. The molecule has 1 unspecified atom stereocenters. The summed E-state index contributed by atoms with van der Waals surface area (Å²) in [6.45, 7) is 1.38. The minimum absolute atomic E-state index is 0.297. The monoisotopic (exact) mass is 508 g/mol. The Morgan fingerprint density at radius 2 is 1.00 bits per heavy atom. The average Bonchev–Trinajstić information content (AvgIpc) is 2.79. The van der Waals surface area contributed by atoms with E-state index in [4.69, 9.17) is 14.5 Å². The lowest BCUT2D eigenvalue weighted by Crippen LogP contribution is -2.23. The Bertz CT molecular complexity index is 496. The SMILES string of the molecule is CCCCCCCCCCCCCCCCCCCCCCC(=O)OCC(O)COP(=O)(O)O. The van der Waals surface area contributed by atoms with Gasteiger partial charge in [0.05, 0.1) is 6.61 Å². The fourth-order valence-electron chi connectivity index (χ4n) is 4.02. The van der Waals surface area contributed by atoms with Gasteiger partial charge in [-0.1, -0.05) is 129 Å². The van der Waals surface area contributed by atoms with Crippen molar-refractivity contribution >= 4 is 13.8 Å². The van der Waals surface area contributed by atoms with Gasteiger partial charge in [-0.15, -0.1) is 0 Å². The summed E-state index contributed by atoms with van der Waals surface area (Å²) in [5.41, 5.74) is 0. The topological polar surface area (TPSA) is 113 Å². The fraction of sp³-hybridized carbons (Fsp3) is 0.962. The summed E-state index contributed by atoms with van der Waals surface area (Å²) in [6.07, 6.45) is 25.2. The highest BCUT2D eigenvalue weighted by Gasteiger charge is 2.17. The first-order chi connectivity index (χ1) is 16.3. The minimum Gasteiger partial charge on any atom is -0.463 e. The number of ether oxygens (including phenoxy) is 1. The molecule has 0 aliphatic rings. The smallest absolute Gasteiger partial charge is 0.463 e. The van der Waals surface area contributed by atoms with Crippen molar-refractivity contribution in [3.05, 3.63) is 0 Å². The van der Waals surface area contributed by atoms with Crippen LogP contribution in [0.15, 0.2) is 0 Å². The lowest BCUT2D eigenvalue weighted by Gasteiger charge is -2.12. The first-order valence-electron chi connectivity index (χ1n) is 13.9. The zero-order chi connectivity index (χ0) is 25.3. The van der Waals surface area contributed by atoms with E-state index in [1.54, 1.807) is 0 Å². The lowest BCUT2D eigenvalue weighted by molar-refractivity contribution is -0.147. The van der Waals surface area contributed by atoms with E-state index in [1.807, 2.05) is 0 Å². The Morgan fingerprint density at radius 3 is 1.35 bits per heavy atom. The lowest BCUT2D eigenvalue weighted by atomic mass is 10.0. The third-order valence-corrected chi connectivity index (χ3v) is 6.59. The van der Waals surface area contributed by atoms with Crippen LogP contribution in [0.5, 0.6) is 0 Å². The molecule has 0 amide bonds. The molecule has 0 aliphatic heterocycles. The van der Waals surface area contributed by atoms with E-state index in [-0.39, 0.29) is 6.61 Å². The predicted octanol–water partition coefficient (Wildman–Crippen LogP) is 7.21. The standard InChI is InChI=1S/C26H53O7P/c1-2-3-4-5-6-7-8-9-10-11-12-13-14-15-16-17-18-19-20-21-22-26(28)32-23-25(27)24-33-34(29,30)31/h25,27H,2-24H2,1H3,(H2,29,30,31). The van der Waals surface area contributed by atoms with E-state index < -0.39 is 26.5 Å². The molecule has 0 aromatic heterocycles. The Labute approximate surface area is 208 Å². The van der Waals surface area contributed by atoms with E-state index in [9.17, 15) is 14.5 Å². The van der Waals surface area contributed by atoms with Crippen molar-refractivity contribution in [2.45, 2.75) is 148 Å². The van der Waals surface area contributed by atoms with Crippen molar-refractivity contribution < 1.29 is 33.5 Å². The summed E-state index contributed by atoms with van der Waals surface area (Å²) < 4.78 is 19.6. The van der Waals surface area contributed by atoms with Crippen LogP contribution in [0.4, 0.5) is 0 Å². The molecule has 0 aromatic rings. The second kappa shape index (κ2) is 24.2. The summed E-state index contributed by atoms with van der Waals surface area (Å²) in [5.74, 6) is -0.405. The third kappa shape index (κ3) is 27.8. The van der Waals surface area contributed by atoms with E-state index in [0.717, 1.165) is 19.3 Å². The number of aliphatic hydroxyl groups is 1. The van der Waals surface area contributed by atoms with Gasteiger partial charge in [0.15, 0.2) is 0 Å². The van der Waals surface area contributed by atoms with Crippen LogP contribution >= 0.6 is 7.82 Å². The molecule has 0 aromatic carbocycles. The molecular formula is C26H53O7P. The molecule has 0 saturated heterocycles. The van der Waals surface area contributed by atoms with Crippen LogP contribution in [0.3, 0.4) is 0 Å². The van der Waals surface area contributed by atoms with Gasteiger partial charge in [0.25, 0.3) is 0 Å². The number of esters is 1. The maximum absolute atomic E-state index is 11.6. The maximum atomic E-state index is 11.6. The Kier molecular flexibility index (Phi) is 23.9. The Morgan fingerprint density at radius 1 is 0.647 bits per heavy atom. The number of hydrogen-bond donors (Lipinski definition) is 3. The minimum atomic E-state index is -4.62. The fourth-order valence-corrected chi connectivity index (χ4v) is 4.38. The molecule has 1 atom stereocenters. The molecule has 0 fully saturated rings. The van der Waals surface area contributed by atoms with Crippen molar-refractivity contribution in [3.63, 3.8) is 0 Å². The number of unbranched alkanes of at least 4 members (excludes halogenated alkanes) is 19. The third-order valence-electron chi connectivity index (χ3n) is 6.11. The van der Waals surface area contributed by atoms with Crippen LogP contribution < -0.4 is 0 Å². The number of phosphoric acid groups is 1. The molecular weight excluding hydrogens is 455 g/mol. The molecule has 0 saturated carbocycles. The number of phosphoric ester groups is 1. The van der Waals surface area contributed by atoms with Crippen LogP contribution in [-0.2, 0) is 18.6 Å². The zero-order valence-electron chi connectivity index (χ0n) is 21.8. The van der Waals surface area contributed by atoms with Crippen LogP contribution in [0.1, 0.15) is 142 Å². The molecule has 0 radical (unpaired) electrons. The van der Waals surface area contributed by atoms with Crippen molar-refractivity contribution in [1.82, 2.24) is 0 Å². The summed E-state index contributed by atoms with van der Waals surface area (Å²) in [4.78, 5) is 28.7. The molecule has 204 valence electrons. The molecule has 8 heteroatoms. The number of aliphatic hydroxyl groups excluding tert-OH is 1. The summed E-state index contributed by atoms with van der Waals surface area (Å²) in [7, 11) is -4.62. The van der Waals surface area contributed by atoms with Crippen molar-refractivity contribution in [2.75, 3.05) is 13.2 Å². The second-order valence-corrected chi connectivity index (χ2v) is 10.8. The van der Waals surface area contributed by atoms with Crippen LogP contribution in [0, 0.1) is 0 Å². The second-order valence-electron chi connectivity index (χ2n) is 9.59. The molecule has 3 N–H and O–H groups in total. The first-order valence-corrected chi connectivity index (χ1v) is 15.4. The molecule has 7 nitrogen and oxygen atoms in total. The van der Waals surface area contributed by atoms with Gasteiger partial charge in [0.1, 0.15) is 12.7 Å². The van der Waals surface area contributed by atoms with Crippen LogP contribution in [-0.4, -0.2) is 40.2 Å². The van der Waals surface area contributed by atoms with Gasteiger partial charge in [0.2, 0.25) is 0 Å². The Balaban J connectivity index is 3.23. The van der Waals surface area contributed by atoms with Crippen LogP contribution in [0.25, 0.3) is 0 Å². The zero-order valence-corrected chi connectivity index (χ0v) is 22.7. The van der Waals surface area contributed by atoms with Crippen molar-refractivity contribution in [3.8, 4) is 0 Å². The highest BCUT2D eigenvalue weighted by Crippen LogP contribution is 2.35. The quantitative estimate of drug-likeness (QED) is 0.0642. The largest absolute Gasteiger partial charge is 0.469 e. The van der Waals surface area contributed by atoms with Gasteiger partial charge in [-0.3, -0.25) is 9.32 Å². The summed E-state index contributed by atoms with van der Waals surface area (Å²) in [6, 6.07) is 0. The molecule has 0 heterocycles. The predicted molar refractivity (Wildman–Crippen MR) is 138 cm³/mol. The van der Waals surface area contributed by atoms with E-state index in [1.165, 1.54) is 109 Å². The van der Waals surface area contributed by atoms with Gasteiger partial charge in [0, 0.05) is 6.42 Å². The summed E-state index contributed by atoms with van der Waals surface area (Å²) in [5, 5.41) is 9.46. The highest BCUT2D eigenvalue weighted by molar-refractivity contribution is 7.46. The number of carbonyl (C=O) groups is 1. The molecule has 0 aliphatic carbocycles. The van der Waals surface area contributed by atoms with Crippen molar-refractivity contribution in [1.29, 1.82) is 0 Å². The number of carbonyl (C=O) groups excluding carboxylic acids is 1. The Hall–Kier alpha value is -0.460. The normalized spacial score (nSPS) is 12.7. The van der Waals surface area contributed by atoms with Crippen molar-refractivity contribution in [2.24, 2.45) is 0 Å². The maximum Gasteiger partial charge on any atom is 0.469 e. The highest BCUT2D eigenvalue weighted by atomic mass is 31.2. The van der Waals surface area contributed by atoms with Gasteiger partial charge >= 0.3 is 13.8 Å². The van der Waals surface area contributed by atoms with E-state index in [0.29, 0.717) is 6.42 Å². The molecule has 0 spiro atoms.